The molecule has 0 spiro atoms. The molecule has 0 aliphatic rings. The molecule has 1 unspecified atom stereocenters. The summed E-state index contributed by atoms with van der Waals surface area (Å²) in [6, 6.07) is 5.58. The molecule has 1 aromatic carbocycles. The number of nitro groups is 1. The maximum atomic E-state index is 12.3. The second-order valence-corrected chi connectivity index (χ2v) is 3.03. The predicted molar refractivity (Wildman–Crippen MR) is 51.9 cm³/mol. The van der Waals surface area contributed by atoms with E-state index in [1.165, 1.54) is 12.1 Å². The lowest BCUT2D eigenvalue weighted by molar-refractivity contribution is -0.384. The number of alkyl halides is 1. The minimum absolute atomic E-state index is 0.140. The molecular formula is C10H8FN2O2. The van der Waals surface area contributed by atoms with Crippen LogP contribution in [0.2, 0.25) is 0 Å². The van der Waals surface area contributed by atoms with Gasteiger partial charge in [-0.2, -0.15) is 5.26 Å². The third kappa shape index (κ3) is 2.50. The molecule has 0 amide bonds. The van der Waals surface area contributed by atoms with Crippen molar-refractivity contribution in [3.05, 3.63) is 46.4 Å². The molecule has 1 aromatic rings. The Balaban J connectivity index is 3.24. The Morgan fingerprint density at radius 3 is 2.73 bits per heavy atom. The van der Waals surface area contributed by atoms with Gasteiger partial charge in [0.25, 0.3) is 5.69 Å². The van der Waals surface area contributed by atoms with Crippen LogP contribution < -0.4 is 0 Å². The molecule has 0 aliphatic carbocycles. The third-order valence-corrected chi connectivity index (χ3v) is 1.94. The van der Waals surface area contributed by atoms with Crippen molar-refractivity contribution in [2.75, 3.05) is 6.67 Å². The Hall–Kier alpha value is -1.96. The van der Waals surface area contributed by atoms with Gasteiger partial charge >= 0.3 is 0 Å². The highest BCUT2D eigenvalue weighted by molar-refractivity contribution is 5.45. The summed E-state index contributed by atoms with van der Waals surface area (Å²) < 4.78 is 12.3. The summed E-state index contributed by atoms with van der Waals surface area (Å²) in [7, 11) is 0. The zero-order valence-corrected chi connectivity index (χ0v) is 7.81. The molecule has 0 saturated heterocycles. The van der Waals surface area contributed by atoms with E-state index in [1.807, 2.05) is 0 Å². The number of nitrogens with zero attached hydrogens (tertiary/aromatic N) is 2. The fourth-order valence-electron chi connectivity index (χ4n) is 1.13. The van der Waals surface area contributed by atoms with E-state index >= 15 is 0 Å². The summed E-state index contributed by atoms with van der Waals surface area (Å²) in [5.41, 5.74) is 0.288. The van der Waals surface area contributed by atoms with Crippen molar-refractivity contribution in [3.63, 3.8) is 0 Å². The van der Waals surface area contributed by atoms with Gasteiger partial charge in [-0.1, -0.05) is 0 Å². The zero-order valence-electron chi connectivity index (χ0n) is 7.81. The Morgan fingerprint density at radius 1 is 1.60 bits per heavy atom. The van der Waals surface area contributed by atoms with Crippen LogP contribution in [0.1, 0.15) is 17.0 Å². The molecule has 0 aliphatic heterocycles. The molecule has 0 heterocycles. The van der Waals surface area contributed by atoms with Gasteiger partial charge < -0.3 is 0 Å². The van der Waals surface area contributed by atoms with E-state index in [0.29, 0.717) is 5.56 Å². The van der Waals surface area contributed by atoms with Gasteiger partial charge in [0.2, 0.25) is 0 Å². The molecule has 77 valence electrons. The van der Waals surface area contributed by atoms with E-state index in [4.69, 9.17) is 5.26 Å². The first-order chi connectivity index (χ1) is 7.08. The van der Waals surface area contributed by atoms with E-state index in [2.05, 4.69) is 6.92 Å². The number of benzene rings is 1. The zero-order chi connectivity index (χ0) is 11.4. The van der Waals surface area contributed by atoms with Crippen LogP contribution in [0.3, 0.4) is 0 Å². The number of nitriles is 1. The molecule has 0 bridgehead atoms. The van der Waals surface area contributed by atoms with Crippen molar-refractivity contribution < 1.29 is 9.31 Å². The third-order valence-electron chi connectivity index (χ3n) is 1.94. The largest absolute Gasteiger partial charge is 0.271 e. The van der Waals surface area contributed by atoms with Crippen molar-refractivity contribution in [3.8, 4) is 6.07 Å². The number of nitro benzene ring substituents is 1. The lowest BCUT2D eigenvalue weighted by Crippen LogP contribution is -1.98. The summed E-state index contributed by atoms with van der Waals surface area (Å²) in [6.07, 6.45) is 0. The summed E-state index contributed by atoms with van der Waals surface area (Å²) in [5.74, 6) is -0.683. The highest BCUT2D eigenvalue weighted by Crippen LogP contribution is 2.23. The van der Waals surface area contributed by atoms with Crippen LogP contribution in [-0.2, 0) is 0 Å². The number of hydrogen-bond donors (Lipinski definition) is 0. The van der Waals surface area contributed by atoms with E-state index in [9.17, 15) is 14.5 Å². The normalized spacial score (nSPS) is 11.8. The molecule has 4 nitrogen and oxygen atoms in total. The van der Waals surface area contributed by atoms with Gasteiger partial charge in [-0.15, -0.1) is 0 Å². The molecule has 0 saturated carbocycles. The minimum Gasteiger partial charge on any atom is -0.258 e. The second-order valence-electron chi connectivity index (χ2n) is 3.03. The number of hydrogen-bond acceptors (Lipinski definition) is 3. The van der Waals surface area contributed by atoms with Crippen molar-refractivity contribution in [1.82, 2.24) is 0 Å². The van der Waals surface area contributed by atoms with Gasteiger partial charge in [0.15, 0.2) is 0 Å². The molecule has 1 rings (SSSR count). The molecule has 0 N–H and O–H groups in total. The highest BCUT2D eigenvalue weighted by Gasteiger charge is 2.13. The lowest BCUT2D eigenvalue weighted by atomic mass is 10.00. The Kier molecular flexibility index (Phi) is 3.34. The minimum atomic E-state index is -0.716. The number of rotatable bonds is 3. The van der Waals surface area contributed by atoms with Gasteiger partial charge in [0, 0.05) is 18.1 Å². The average Bonchev–Trinajstić information content (AvgIpc) is 2.27. The van der Waals surface area contributed by atoms with Crippen LogP contribution in [-0.4, -0.2) is 11.6 Å². The topological polar surface area (TPSA) is 66.9 Å². The second kappa shape index (κ2) is 4.51. The van der Waals surface area contributed by atoms with Crippen LogP contribution in [0.15, 0.2) is 18.2 Å². The van der Waals surface area contributed by atoms with E-state index < -0.39 is 17.5 Å². The molecule has 15 heavy (non-hydrogen) atoms. The van der Waals surface area contributed by atoms with E-state index in [0.717, 1.165) is 6.07 Å². The van der Waals surface area contributed by atoms with Crippen LogP contribution in [0.4, 0.5) is 10.1 Å². The van der Waals surface area contributed by atoms with Gasteiger partial charge in [-0.05, 0) is 18.6 Å². The first kappa shape index (κ1) is 11.1. The fourth-order valence-corrected chi connectivity index (χ4v) is 1.13. The maximum Gasteiger partial charge on any atom is 0.271 e. The first-order valence-electron chi connectivity index (χ1n) is 4.17. The van der Waals surface area contributed by atoms with Gasteiger partial charge in [-0.25, -0.2) is 0 Å². The van der Waals surface area contributed by atoms with Crippen molar-refractivity contribution in [2.24, 2.45) is 0 Å². The number of non-ortho nitro benzene ring substituents is 1. The molecule has 0 aromatic heterocycles. The van der Waals surface area contributed by atoms with Crippen LogP contribution >= 0.6 is 0 Å². The summed E-state index contributed by atoms with van der Waals surface area (Å²) in [6.45, 7) is 2.78. The summed E-state index contributed by atoms with van der Waals surface area (Å²) >= 11 is 0. The lowest BCUT2D eigenvalue weighted by Gasteiger charge is -2.06. The van der Waals surface area contributed by atoms with Crippen LogP contribution in [0.5, 0.6) is 0 Å². The molecule has 1 atom stereocenters. The molecule has 5 heteroatoms. The SMILES string of the molecule is [CH2]C(CF)c1cc(C#N)cc([N+](=O)[O-])c1. The standard InChI is InChI=1S/C10H8FN2O2/c1-7(5-11)9-2-8(6-12)3-10(4-9)13(14)15/h2-4,7H,1,5H2. The van der Waals surface area contributed by atoms with Crippen molar-refractivity contribution in [2.45, 2.75) is 5.92 Å². The summed E-state index contributed by atoms with van der Waals surface area (Å²) in [5, 5.41) is 19.2. The van der Waals surface area contributed by atoms with Crippen LogP contribution in [0, 0.1) is 28.4 Å². The van der Waals surface area contributed by atoms with Crippen LogP contribution in [0.25, 0.3) is 0 Å². The van der Waals surface area contributed by atoms with Gasteiger partial charge in [-0.3, -0.25) is 14.5 Å². The monoisotopic (exact) mass is 207 g/mol. The fraction of sp³-hybridized carbons (Fsp3) is 0.200. The summed E-state index contributed by atoms with van der Waals surface area (Å²) in [4.78, 5) is 9.90. The Labute approximate surface area is 86.1 Å². The predicted octanol–water partition coefficient (Wildman–Crippen LogP) is 2.35. The molecular weight excluding hydrogens is 199 g/mol. The van der Waals surface area contributed by atoms with Crippen molar-refractivity contribution in [1.29, 1.82) is 5.26 Å². The Bertz CT molecular complexity index is 426. The molecule has 0 fully saturated rings. The Morgan fingerprint density at radius 2 is 2.27 bits per heavy atom. The average molecular weight is 207 g/mol. The first-order valence-corrected chi connectivity index (χ1v) is 4.17. The van der Waals surface area contributed by atoms with Gasteiger partial charge in [0.05, 0.1) is 23.2 Å². The number of halogens is 1. The smallest absolute Gasteiger partial charge is 0.258 e. The van der Waals surface area contributed by atoms with E-state index in [1.54, 1.807) is 6.07 Å². The highest BCUT2D eigenvalue weighted by atomic mass is 19.1. The van der Waals surface area contributed by atoms with Gasteiger partial charge in [0.1, 0.15) is 0 Å². The quantitative estimate of drug-likeness (QED) is 0.564. The van der Waals surface area contributed by atoms with E-state index in [-0.39, 0.29) is 11.3 Å². The molecule has 1 radical (unpaired) electrons. The van der Waals surface area contributed by atoms with Crippen molar-refractivity contribution >= 4 is 5.69 Å². The maximum absolute atomic E-state index is 12.3.